The maximum absolute atomic E-state index is 12.0. The molecule has 1 aromatic heterocycles. The first-order valence-electron chi connectivity index (χ1n) is 7.56. The minimum absolute atomic E-state index is 0.00568. The van der Waals surface area contributed by atoms with E-state index < -0.39 is 0 Å². The molecule has 0 aliphatic rings. The molecule has 122 valence electrons. The van der Waals surface area contributed by atoms with E-state index in [-0.39, 0.29) is 18.2 Å². The number of nitrogens with one attached hydrogen (secondary N) is 1. The highest BCUT2D eigenvalue weighted by molar-refractivity contribution is 5.80. The normalized spacial score (nSPS) is 10.3. The second-order valence-corrected chi connectivity index (χ2v) is 5.53. The van der Waals surface area contributed by atoms with Gasteiger partial charge in [0.2, 0.25) is 11.8 Å². The Morgan fingerprint density at radius 3 is 2.61 bits per heavy atom. The van der Waals surface area contributed by atoms with E-state index in [1.807, 2.05) is 43.6 Å². The fourth-order valence-corrected chi connectivity index (χ4v) is 2.26. The molecule has 0 saturated carbocycles. The first-order chi connectivity index (χ1) is 11.0. The smallest absolute Gasteiger partial charge is 0.224 e. The zero-order chi connectivity index (χ0) is 16.7. The summed E-state index contributed by atoms with van der Waals surface area (Å²) < 4.78 is 1.71. The third-order valence-corrected chi connectivity index (χ3v) is 3.47. The van der Waals surface area contributed by atoms with E-state index in [1.165, 1.54) is 0 Å². The van der Waals surface area contributed by atoms with Gasteiger partial charge in [0.1, 0.15) is 0 Å². The second kappa shape index (κ2) is 8.12. The first kappa shape index (κ1) is 16.7. The van der Waals surface area contributed by atoms with Gasteiger partial charge in [0.15, 0.2) is 0 Å². The minimum Gasteiger partial charge on any atom is -0.355 e. The molecule has 1 heterocycles. The Bertz CT molecular complexity index is 652. The summed E-state index contributed by atoms with van der Waals surface area (Å²) in [4.78, 5) is 25.5. The molecule has 0 spiro atoms. The molecule has 0 bridgehead atoms. The molecule has 6 heteroatoms. The predicted octanol–water partition coefficient (Wildman–Crippen LogP) is 1.13. The SMILES string of the molecule is CN(Cc1cnn(C)c1)C(=O)CCNC(=O)Cc1ccccc1. The molecule has 2 amide bonds. The van der Waals surface area contributed by atoms with E-state index in [4.69, 9.17) is 0 Å². The number of benzene rings is 1. The lowest BCUT2D eigenvalue weighted by Gasteiger charge is -2.16. The van der Waals surface area contributed by atoms with Crippen molar-refractivity contribution in [3.63, 3.8) is 0 Å². The maximum Gasteiger partial charge on any atom is 0.224 e. The summed E-state index contributed by atoms with van der Waals surface area (Å²) in [5.41, 5.74) is 1.95. The molecule has 0 fully saturated rings. The Morgan fingerprint density at radius 2 is 1.96 bits per heavy atom. The molecule has 23 heavy (non-hydrogen) atoms. The molecular formula is C17H22N4O2. The van der Waals surface area contributed by atoms with Gasteiger partial charge in [-0.3, -0.25) is 14.3 Å². The molecule has 1 N–H and O–H groups in total. The van der Waals surface area contributed by atoms with Crippen LogP contribution in [0.2, 0.25) is 0 Å². The molecule has 2 rings (SSSR count). The third-order valence-electron chi connectivity index (χ3n) is 3.47. The summed E-state index contributed by atoms with van der Waals surface area (Å²) >= 11 is 0. The van der Waals surface area contributed by atoms with Gasteiger partial charge >= 0.3 is 0 Å². The average molecular weight is 314 g/mol. The van der Waals surface area contributed by atoms with Crippen molar-refractivity contribution < 1.29 is 9.59 Å². The summed E-state index contributed by atoms with van der Waals surface area (Å²) in [6.45, 7) is 0.868. The largest absolute Gasteiger partial charge is 0.355 e. The van der Waals surface area contributed by atoms with Crippen LogP contribution >= 0.6 is 0 Å². The molecule has 0 radical (unpaired) electrons. The Kier molecular flexibility index (Phi) is 5.91. The number of amides is 2. The molecule has 0 aliphatic carbocycles. The van der Waals surface area contributed by atoms with Crippen molar-refractivity contribution in [2.24, 2.45) is 7.05 Å². The van der Waals surface area contributed by atoms with E-state index in [9.17, 15) is 9.59 Å². The van der Waals surface area contributed by atoms with E-state index in [0.717, 1.165) is 11.1 Å². The molecular weight excluding hydrogens is 292 g/mol. The van der Waals surface area contributed by atoms with Crippen molar-refractivity contribution in [3.05, 3.63) is 53.9 Å². The molecule has 6 nitrogen and oxygen atoms in total. The van der Waals surface area contributed by atoms with Crippen molar-refractivity contribution in [3.8, 4) is 0 Å². The van der Waals surface area contributed by atoms with Crippen LogP contribution in [0.15, 0.2) is 42.7 Å². The van der Waals surface area contributed by atoms with E-state index >= 15 is 0 Å². The summed E-state index contributed by atoms with van der Waals surface area (Å²) in [5, 5.41) is 6.86. The second-order valence-electron chi connectivity index (χ2n) is 5.53. The van der Waals surface area contributed by atoms with Gasteiger partial charge in [0, 0.05) is 45.4 Å². The van der Waals surface area contributed by atoms with Gasteiger partial charge in [0.25, 0.3) is 0 Å². The van der Waals surface area contributed by atoms with E-state index in [2.05, 4.69) is 10.4 Å². The number of carbonyl (C=O) groups is 2. The molecule has 1 aromatic carbocycles. The van der Waals surface area contributed by atoms with Crippen LogP contribution in [0.25, 0.3) is 0 Å². The molecule has 0 aliphatic heterocycles. The van der Waals surface area contributed by atoms with Crippen molar-refractivity contribution in [2.75, 3.05) is 13.6 Å². The van der Waals surface area contributed by atoms with Crippen molar-refractivity contribution in [2.45, 2.75) is 19.4 Å². The van der Waals surface area contributed by atoms with Crippen LogP contribution in [0.4, 0.5) is 0 Å². The lowest BCUT2D eigenvalue weighted by Crippen LogP contribution is -2.32. The van der Waals surface area contributed by atoms with Gasteiger partial charge in [0.05, 0.1) is 12.6 Å². The van der Waals surface area contributed by atoms with Crippen LogP contribution in [-0.2, 0) is 29.6 Å². The van der Waals surface area contributed by atoms with Gasteiger partial charge in [-0.05, 0) is 5.56 Å². The van der Waals surface area contributed by atoms with Gasteiger partial charge < -0.3 is 10.2 Å². The standard InChI is InChI=1S/C17H22N4O2/c1-20(12-15-11-19-21(2)13-15)17(23)8-9-18-16(22)10-14-6-4-3-5-7-14/h3-7,11,13H,8-10,12H2,1-2H3,(H,18,22). The number of nitrogens with zero attached hydrogens (tertiary/aromatic N) is 3. The van der Waals surface area contributed by atoms with Crippen LogP contribution in [-0.4, -0.2) is 40.1 Å². The van der Waals surface area contributed by atoms with Crippen LogP contribution in [0.5, 0.6) is 0 Å². The Hall–Kier alpha value is -2.63. The average Bonchev–Trinajstić information content (AvgIpc) is 2.93. The number of aryl methyl sites for hydroxylation is 1. The summed E-state index contributed by atoms with van der Waals surface area (Å²) in [5.74, 6) is -0.0761. The van der Waals surface area contributed by atoms with Gasteiger partial charge in [-0.15, -0.1) is 0 Å². The fraction of sp³-hybridized carbons (Fsp3) is 0.353. The third kappa shape index (κ3) is 5.58. The number of aromatic nitrogens is 2. The van der Waals surface area contributed by atoms with E-state index in [0.29, 0.717) is 19.5 Å². The minimum atomic E-state index is -0.0705. The highest BCUT2D eigenvalue weighted by Crippen LogP contribution is 2.03. The van der Waals surface area contributed by atoms with Crippen LogP contribution in [0, 0.1) is 0 Å². The summed E-state index contributed by atoms with van der Waals surface area (Å²) in [6.07, 6.45) is 4.24. The monoisotopic (exact) mass is 314 g/mol. The maximum atomic E-state index is 12.0. The summed E-state index contributed by atoms with van der Waals surface area (Å²) in [7, 11) is 3.59. The molecule has 0 saturated heterocycles. The zero-order valence-electron chi connectivity index (χ0n) is 13.5. The highest BCUT2D eigenvalue weighted by Gasteiger charge is 2.11. The number of carbonyl (C=O) groups excluding carboxylic acids is 2. The Labute approximate surface area is 136 Å². The number of hydrogen-bond acceptors (Lipinski definition) is 3. The quantitative estimate of drug-likeness (QED) is 0.833. The Morgan fingerprint density at radius 1 is 1.22 bits per heavy atom. The lowest BCUT2D eigenvalue weighted by molar-refractivity contribution is -0.130. The predicted molar refractivity (Wildman–Crippen MR) is 87.5 cm³/mol. The van der Waals surface area contributed by atoms with Gasteiger partial charge in [-0.2, -0.15) is 5.10 Å². The topological polar surface area (TPSA) is 67.2 Å². The molecule has 0 unspecified atom stereocenters. The van der Waals surface area contributed by atoms with Crippen LogP contribution < -0.4 is 5.32 Å². The zero-order valence-corrected chi connectivity index (χ0v) is 13.5. The number of rotatable bonds is 7. The van der Waals surface area contributed by atoms with Gasteiger partial charge in [-0.25, -0.2) is 0 Å². The molecule has 0 atom stereocenters. The Balaban J connectivity index is 1.68. The van der Waals surface area contributed by atoms with Crippen molar-refractivity contribution in [1.82, 2.24) is 20.0 Å². The fourth-order valence-electron chi connectivity index (χ4n) is 2.26. The van der Waals surface area contributed by atoms with Crippen molar-refractivity contribution >= 4 is 11.8 Å². The van der Waals surface area contributed by atoms with E-state index in [1.54, 1.807) is 22.8 Å². The van der Waals surface area contributed by atoms with Crippen molar-refractivity contribution in [1.29, 1.82) is 0 Å². The first-order valence-corrected chi connectivity index (χ1v) is 7.56. The highest BCUT2D eigenvalue weighted by atomic mass is 16.2. The summed E-state index contributed by atoms with van der Waals surface area (Å²) in [6, 6.07) is 9.54. The van der Waals surface area contributed by atoms with Crippen LogP contribution in [0.3, 0.4) is 0 Å². The van der Waals surface area contributed by atoms with Gasteiger partial charge in [-0.1, -0.05) is 30.3 Å². The lowest BCUT2D eigenvalue weighted by atomic mass is 10.1. The van der Waals surface area contributed by atoms with Crippen LogP contribution in [0.1, 0.15) is 17.5 Å². The number of hydrogen-bond donors (Lipinski definition) is 1. The molecule has 2 aromatic rings.